The van der Waals surface area contributed by atoms with Crippen LogP contribution < -0.4 is 0 Å². The van der Waals surface area contributed by atoms with E-state index in [1.165, 1.54) is 0 Å². The summed E-state index contributed by atoms with van der Waals surface area (Å²) in [7, 11) is 0. The fraction of sp³-hybridized carbons (Fsp3) is 0.800. The third-order valence-corrected chi connectivity index (χ3v) is 3.26. The summed E-state index contributed by atoms with van der Waals surface area (Å²) in [5, 5.41) is 0. The maximum atomic E-state index is 11.1. The molecule has 0 atom stereocenters. The molecule has 1 aliphatic rings. The SMILES string of the molecule is CC(=O)C1(C)CC(C)(C(C)=O)C1. The maximum Gasteiger partial charge on any atom is 0.135 e. The maximum absolute atomic E-state index is 11.1. The molecule has 2 nitrogen and oxygen atoms in total. The van der Waals surface area contributed by atoms with Crippen molar-refractivity contribution in [2.45, 2.75) is 40.5 Å². The lowest BCUT2D eigenvalue weighted by Gasteiger charge is -2.50. The summed E-state index contributed by atoms with van der Waals surface area (Å²) in [4.78, 5) is 22.3. The highest BCUT2D eigenvalue weighted by Crippen LogP contribution is 2.54. The quantitative estimate of drug-likeness (QED) is 0.631. The first-order valence-electron chi connectivity index (χ1n) is 4.32. The number of hydrogen-bond acceptors (Lipinski definition) is 2. The fourth-order valence-electron chi connectivity index (χ4n) is 2.17. The Bertz CT molecular complexity index is 210. The third-order valence-electron chi connectivity index (χ3n) is 3.26. The van der Waals surface area contributed by atoms with Crippen molar-refractivity contribution in [1.29, 1.82) is 0 Å². The van der Waals surface area contributed by atoms with Crippen LogP contribution in [0.3, 0.4) is 0 Å². The number of rotatable bonds is 2. The van der Waals surface area contributed by atoms with Crippen LogP contribution in [-0.2, 0) is 9.59 Å². The van der Waals surface area contributed by atoms with Crippen molar-refractivity contribution in [1.82, 2.24) is 0 Å². The Hall–Kier alpha value is -0.660. The van der Waals surface area contributed by atoms with Gasteiger partial charge >= 0.3 is 0 Å². The molecule has 0 aromatic heterocycles. The summed E-state index contributed by atoms with van der Waals surface area (Å²) >= 11 is 0. The molecule has 0 amide bonds. The lowest BCUT2D eigenvalue weighted by Crippen LogP contribution is -2.50. The smallest absolute Gasteiger partial charge is 0.135 e. The minimum absolute atomic E-state index is 0.209. The summed E-state index contributed by atoms with van der Waals surface area (Å²) < 4.78 is 0. The van der Waals surface area contributed by atoms with Gasteiger partial charge in [0.2, 0.25) is 0 Å². The Labute approximate surface area is 73.3 Å². The van der Waals surface area contributed by atoms with Gasteiger partial charge in [0.05, 0.1) is 0 Å². The predicted octanol–water partition coefficient (Wildman–Crippen LogP) is 1.97. The Morgan fingerprint density at radius 3 is 1.33 bits per heavy atom. The predicted molar refractivity (Wildman–Crippen MR) is 46.8 cm³/mol. The molecule has 12 heavy (non-hydrogen) atoms. The van der Waals surface area contributed by atoms with Crippen LogP contribution in [0.1, 0.15) is 40.5 Å². The molecule has 0 spiro atoms. The van der Waals surface area contributed by atoms with E-state index < -0.39 is 0 Å². The molecule has 0 aromatic carbocycles. The summed E-state index contributed by atoms with van der Waals surface area (Å²) in [6.45, 7) is 7.11. The van der Waals surface area contributed by atoms with Gasteiger partial charge < -0.3 is 0 Å². The van der Waals surface area contributed by atoms with Gasteiger partial charge in [-0.2, -0.15) is 0 Å². The first kappa shape index (κ1) is 9.43. The molecule has 0 N–H and O–H groups in total. The average Bonchev–Trinajstić information content (AvgIpc) is 1.83. The highest BCUT2D eigenvalue weighted by molar-refractivity contribution is 5.90. The molecule has 0 radical (unpaired) electrons. The summed E-state index contributed by atoms with van der Waals surface area (Å²) in [6, 6.07) is 0. The minimum atomic E-state index is -0.222. The summed E-state index contributed by atoms with van der Waals surface area (Å²) in [5.74, 6) is 0.419. The van der Waals surface area contributed by atoms with E-state index in [-0.39, 0.29) is 22.4 Å². The van der Waals surface area contributed by atoms with Crippen LogP contribution in [0.4, 0.5) is 0 Å². The van der Waals surface area contributed by atoms with Gasteiger partial charge in [-0.15, -0.1) is 0 Å². The van der Waals surface area contributed by atoms with Crippen molar-refractivity contribution in [3.63, 3.8) is 0 Å². The standard InChI is InChI=1S/C10H16O2/c1-7(11)9(3)5-10(4,6-9)8(2)12/h5-6H2,1-4H3. The molecule has 0 unspecified atom stereocenters. The molecular formula is C10H16O2. The number of ketones is 2. The van der Waals surface area contributed by atoms with Gasteiger partial charge in [-0.25, -0.2) is 0 Å². The van der Waals surface area contributed by atoms with Crippen LogP contribution in [0.2, 0.25) is 0 Å². The Balaban J connectivity index is 2.68. The molecule has 0 bridgehead atoms. The molecule has 0 aromatic rings. The largest absolute Gasteiger partial charge is 0.299 e. The van der Waals surface area contributed by atoms with Crippen molar-refractivity contribution < 1.29 is 9.59 Å². The first-order chi connectivity index (χ1) is 5.30. The van der Waals surface area contributed by atoms with Gasteiger partial charge in [0.1, 0.15) is 11.6 Å². The van der Waals surface area contributed by atoms with Gasteiger partial charge in [-0.3, -0.25) is 9.59 Å². The Kier molecular flexibility index (Phi) is 1.89. The fourth-order valence-corrected chi connectivity index (χ4v) is 2.17. The van der Waals surface area contributed by atoms with Crippen LogP contribution in [-0.4, -0.2) is 11.6 Å². The van der Waals surface area contributed by atoms with E-state index in [1.807, 2.05) is 13.8 Å². The Morgan fingerprint density at radius 2 is 1.17 bits per heavy atom. The van der Waals surface area contributed by atoms with Crippen molar-refractivity contribution >= 4 is 11.6 Å². The van der Waals surface area contributed by atoms with Gasteiger partial charge in [-0.05, 0) is 26.7 Å². The number of hydrogen-bond donors (Lipinski definition) is 0. The lowest BCUT2D eigenvalue weighted by molar-refractivity contribution is -0.149. The van der Waals surface area contributed by atoms with Gasteiger partial charge in [0, 0.05) is 10.8 Å². The number of carbonyl (C=O) groups is 2. The van der Waals surface area contributed by atoms with Crippen molar-refractivity contribution in [2.75, 3.05) is 0 Å². The molecule has 1 aliphatic carbocycles. The normalized spacial score (nSPS) is 40.3. The van der Waals surface area contributed by atoms with Crippen molar-refractivity contribution in [3.05, 3.63) is 0 Å². The second-order valence-electron chi connectivity index (χ2n) is 4.59. The molecule has 0 saturated heterocycles. The van der Waals surface area contributed by atoms with Crippen LogP contribution >= 0.6 is 0 Å². The lowest BCUT2D eigenvalue weighted by atomic mass is 9.52. The van der Waals surface area contributed by atoms with Crippen LogP contribution in [0.25, 0.3) is 0 Å². The molecule has 0 aliphatic heterocycles. The van der Waals surface area contributed by atoms with E-state index in [1.54, 1.807) is 13.8 Å². The highest BCUT2D eigenvalue weighted by Gasteiger charge is 2.53. The molecule has 1 fully saturated rings. The monoisotopic (exact) mass is 168 g/mol. The van der Waals surface area contributed by atoms with Gasteiger partial charge in [0.25, 0.3) is 0 Å². The van der Waals surface area contributed by atoms with Crippen LogP contribution in [0.5, 0.6) is 0 Å². The summed E-state index contributed by atoms with van der Waals surface area (Å²) in [6.07, 6.45) is 1.45. The zero-order valence-electron chi connectivity index (χ0n) is 8.23. The van der Waals surface area contributed by atoms with E-state index in [0.717, 1.165) is 12.8 Å². The average molecular weight is 168 g/mol. The first-order valence-corrected chi connectivity index (χ1v) is 4.32. The topological polar surface area (TPSA) is 34.1 Å². The summed E-state index contributed by atoms with van der Waals surface area (Å²) in [5.41, 5.74) is -0.444. The van der Waals surface area contributed by atoms with E-state index in [9.17, 15) is 9.59 Å². The molecule has 2 heteroatoms. The molecular weight excluding hydrogens is 152 g/mol. The van der Waals surface area contributed by atoms with Crippen molar-refractivity contribution in [3.8, 4) is 0 Å². The van der Waals surface area contributed by atoms with E-state index in [4.69, 9.17) is 0 Å². The van der Waals surface area contributed by atoms with Gasteiger partial charge in [0.15, 0.2) is 0 Å². The Morgan fingerprint density at radius 1 is 0.917 bits per heavy atom. The minimum Gasteiger partial charge on any atom is -0.299 e. The third kappa shape index (κ3) is 1.19. The van der Waals surface area contributed by atoms with Gasteiger partial charge in [-0.1, -0.05) is 13.8 Å². The molecule has 1 saturated carbocycles. The second-order valence-corrected chi connectivity index (χ2v) is 4.59. The van der Waals surface area contributed by atoms with Crippen LogP contribution in [0.15, 0.2) is 0 Å². The molecule has 1 rings (SSSR count). The zero-order chi connectivity index (χ0) is 9.57. The van der Waals surface area contributed by atoms with E-state index >= 15 is 0 Å². The molecule has 0 heterocycles. The number of carbonyl (C=O) groups excluding carboxylic acids is 2. The van der Waals surface area contributed by atoms with E-state index in [0.29, 0.717) is 0 Å². The van der Waals surface area contributed by atoms with Crippen molar-refractivity contribution in [2.24, 2.45) is 10.8 Å². The second kappa shape index (κ2) is 2.41. The zero-order valence-corrected chi connectivity index (χ0v) is 8.23. The highest BCUT2D eigenvalue weighted by atomic mass is 16.1. The molecule has 68 valence electrons. The van der Waals surface area contributed by atoms with E-state index in [2.05, 4.69) is 0 Å². The van der Waals surface area contributed by atoms with Crippen LogP contribution in [0, 0.1) is 10.8 Å². The number of Topliss-reactive ketones (excluding diaryl/α,β-unsaturated/α-hetero) is 2.